The quantitative estimate of drug-likeness (QED) is 0.371. The molecule has 1 rings (SSSR count). The van der Waals surface area contributed by atoms with Crippen LogP contribution in [-0.2, 0) is 6.18 Å². The molecule has 0 amide bonds. The van der Waals surface area contributed by atoms with Crippen LogP contribution >= 0.6 is 23.2 Å². The van der Waals surface area contributed by atoms with Gasteiger partial charge in [-0.05, 0) is 0 Å². The van der Waals surface area contributed by atoms with Crippen LogP contribution in [0.2, 0.25) is 10.0 Å². The lowest BCUT2D eigenvalue weighted by Gasteiger charge is -2.12. The maximum Gasteiger partial charge on any atom is 0.419 e. The summed E-state index contributed by atoms with van der Waals surface area (Å²) in [7, 11) is 0. The smallest absolute Gasteiger partial charge is 0.202 e. The van der Waals surface area contributed by atoms with Gasteiger partial charge in [0.05, 0.1) is 15.6 Å². The molecule has 0 fully saturated rings. The average Bonchev–Trinajstić information content (AvgIpc) is 2.09. The third kappa shape index (κ3) is 2.01. The Morgan fingerprint density at radius 2 is 1.07 bits per heavy atom. The van der Waals surface area contributed by atoms with Crippen LogP contribution in [0.5, 0.6) is 0 Å². The topological polar surface area (TPSA) is 0 Å². The molecule has 1 aromatic carbocycles. The highest BCUT2D eigenvalue weighted by atomic mass is 35.5. The molecule has 0 spiro atoms. The Kier molecular flexibility index (Phi) is 3.11. The summed E-state index contributed by atoms with van der Waals surface area (Å²) < 4.78 is 74.4. The molecule has 0 saturated carbocycles. The van der Waals surface area contributed by atoms with Gasteiger partial charge in [-0.15, -0.1) is 0 Å². The zero-order valence-electron chi connectivity index (χ0n) is 6.52. The van der Waals surface area contributed by atoms with Crippen molar-refractivity contribution in [2.24, 2.45) is 0 Å². The van der Waals surface area contributed by atoms with Gasteiger partial charge in [-0.3, -0.25) is 0 Å². The van der Waals surface area contributed by atoms with Crippen molar-refractivity contribution in [2.45, 2.75) is 6.18 Å². The van der Waals surface area contributed by atoms with Crippen LogP contribution in [0.1, 0.15) is 5.56 Å². The van der Waals surface area contributed by atoms with E-state index in [1.54, 1.807) is 0 Å². The molecule has 0 aliphatic carbocycles. The molecular weight excluding hydrogens is 269 g/mol. The molecule has 0 saturated heterocycles. The monoisotopic (exact) mass is 268 g/mol. The van der Waals surface area contributed by atoms with E-state index in [2.05, 4.69) is 0 Å². The minimum Gasteiger partial charge on any atom is -0.202 e. The van der Waals surface area contributed by atoms with Gasteiger partial charge in [0.25, 0.3) is 0 Å². The third-order valence-electron chi connectivity index (χ3n) is 1.49. The molecule has 15 heavy (non-hydrogen) atoms. The van der Waals surface area contributed by atoms with E-state index in [1.165, 1.54) is 0 Å². The summed E-state index contributed by atoms with van der Waals surface area (Å²) in [6, 6.07) is 0. The third-order valence-corrected chi connectivity index (χ3v) is 2.20. The van der Waals surface area contributed by atoms with Crippen molar-refractivity contribution in [1.29, 1.82) is 0 Å². The highest BCUT2D eigenvalue weighted by Crippen LogP contribution is 2.42. The molecule has 0 nitrogen and oxygen atoms in total. The van der Waals surface area contributed by atoms with Crippen molar-refractivity contribution in [2.75, 3.05) is 0 Å². The van der Waals surface area contributed by atoms with Crippen molar-refractivity contribution in [3.63, 3.8) is 0 Å². The summed E-state index contributed by atoms with van der Waals surface area (Å²) in [5, 5.41) is -3.18. The molecule has 0 N–H and O–H groups in total. The maximum atomic E-state index is 12.7. The summed E-state index contributed by atoms with van der Waals surface area (Å²) in [5.74, 6) is -6.38. The molecule has 0 aliphatic rings. The SMILES string of the molecule is Fc1c(F)c(Cl)c(C(F)(F)F)c(Cl)c1F. The molecule has 0 atom stereocenters. The molecule has 0 aromatic heterocycles. The zero-order chi connectivity index (χ0) is 12.0. The van der Waals surface area contributed by atoms with Crippen LogP contribution in [0.15, 0.2) is 0 Å². The second kappa shape index (κ2) is 3.75. The van der Waals surface area contributed by atoms with Gasteiger partial charge >= 0.3 is 6.18 Å². The second-order valence-corrected chi connectivity index (χ2v) is 3.20. The fourth-order valence-electron chi connectivity index (χ4n) is 0.854. The van der Waals surface area contributed by atoms with E-state index in [0.29, 0.717) is 0 Å². The molecular formula is C7Cl2F6. The maximum absolute atomic E-state index is 12.7. The Labute approximate surface area is 89.4 Å². The number of alkyl halides is 3. The number of hydrogen-bond acceptors (Lipinski definition) is 0. The highest BCUT2D eigenvalue weighted by Gasteiger charge is 2.40. The van der Waals surface area contributed by atoms with Gasteiger partial charge in [0.1, 0.15) is 0 Å². The van der Waals surface area contributed by atoms with Gasteiger partial charge in [0.2, 0.25) is 0 Å². The van der Waals surface area contributed by atoms with Crippen LogP contribution < -0.4 is 0 Å². The molecule has 8 heteroatoms. The predicted octanol–water partition coefficient (Wildman–Crippen LogP) is 4.43. The van der Waals surface area contributed by atoms with Crippen LogP contribution in [-0.4, -0.2) is 0 Å². The summed E-state index contributed by atoms with van der Waals surface area (Å²) >= 11 is 9.75. The number of halogens is 8. The Bertz CT molecular complexity index is 382. The normalized spacial score (nSPS) is 12.0. The van der Waals surface area contributed by atoms with E-state index in [9.17, 15) is 26.3 Å². The van der Waals surface area contributed by atoms with Crippen molar-refractivity contribution in [1.82, 2.24) is 0 Å². The van der Waals surface area contributed by atoms with Crippen LogP contribution in [0.4, 0.5) is 26.3 Å². The first-order valence-corrected chi connectivity index (χ1v) is 4.02. The molecule has 0 aliphatic heterocycles. The lowest BCUT2D eigenvalue weighted by atomic mass is 10.2. The molecule has 1 aromatic rings. The Hall–Kier alpha value is -0.620. The van der Waals surface area contributed by atoms with Crippen LogP contribution in [0.3, 0.4) is 0 Å². The van der Waals surface area contributed by atoms with Crippen molar-refractivity contribution < 1.29 is 26.3 Å². The van der Waals surface area contributed by atoms with Gasteiger partial charge in [-0.1, -0.05) is 23.2 Å². The lowest BCUT2D eigenvalue weighted by Crippen LogP contribution is -2.11. The van der Waals surface area contributed by atoms with Gasteiger partial charge in [-0.2, -0.15) is 13.2 Å². The van der Waals surface area contributed by atoms with Crippen molar-refractivity contribution in [3.8, 4) is 0 Å². The summed E-state index contributed by atoms with van der Waals surface area (Å²) in [6.07, 6.45) is -5.16. The molecule has 0 unspecified atom stereocenters. The Morgan fingerprint density at radius 1 is 0.733 bits per heavy atom. The van der Waals surface area contributed by atoms with Crippen LogP contribution in [0.25, 0.3) is 0 Å². The first-order chi connectivity index (χ1) is 6.68. The fraction of sp³-hybridized carbons (Fsp3) is 0.143. The van der Waals surface area contributed by atoms with E-state index in [4.69, 9.17) is 23.2 Å². The van der Waals surface area contributed by atoms with Crippen molar-refractivity contribution >= 4 is 23.2 Å². The standard InChI is InChI=1S/C7Cl2F6/c8-2-1(7(13,14)15)3(9)5(11)6(12)4(2)10. The lowest BCUT2D eigenvalue weighted by molar-refractivity contribution is -0.137. The molecule has 0 bridgehead atoms. The first-order valence-electron chi connectivity index (χ1n) is 3.26. The van der Waals surface area contributed by atoms with Gasteiger partial charge < -0.3 is 0 Å². The van der Waals surface area contributed by atoms with Crippen molar-refractivity contribution in [3.05, 3.63) is 33.1 Å². The largest absolute Gasteiger partial charge is 0.419 e. The van der Waals surface area contributed by atoms with Gasteiger partial charge in [0, 0.05) is 0 Å². The number of hydrogen-bond donors (Lipinski definition) is 0. The van der Waals surface area contributed by atoms with E-state index >= 15 is 0 Å². The first kappa shape index (κ1) is 12.4. The fourth-order valence-corrected chi connectivity index (χ4v) is 1.47. The second-order valence-electron chi connectivity index (χ2n) is 2.44. The van der Waals surface area contributed by atoms with Gasteiger partial charge in [0.15, 0.2) is 17.5 Å². The van der Waals surface area contributed by atoms with Crippen LogP contribution in [0, 0.1) is 17.5 Å². The van der Waals surface area contributed by atoms with Gasteiger partial charge in [-0.25, -0.2) is 13.2 Å². The van der Waals surface area contributed by atoms with E-state index in [-0.39, 0.29) is 0 Å². The molecule has 0 heterocycles. The predicted molar refractivity (Wildman–Crippen MR) is 41.3 cm³/mol. The minimum absolute atomic E-state index is 1.59. The summed E-state index contributed by atoms with van der Waals surface area (Å²) in [4.78, 5) is 0. The minimum atomic E-state index is -5.16. The average molecular weight is 269 g/mol. The number of rotatable bonds is 0. The Balaban J connectivity index is 3.68. The van der Waals surface area contributed by atoms with E-state index in [0.717, 1.165) is 0 Å². The zero-order valence-corrected chi connectivity index (χ0v) is 8.04. The summed E-state index contributed by atoms with van der Waals surface area (Å²) in [5.41, 5.74) is -1.93. The highest BCUT2D eigenvalue weighted by molar-refractivity contribution is 6.36. The Morgan fingerprint density at radius 3 is 1.33 bits per heavy atom. The number of benzene rings is 1. The van der Waals surface area contributed by atoms with E-state index in [1.807, 2.05) is 0 Å². The molecule has 0 radical (unpaired) electrons. The van der Waals surface area contributed by atoms with E-state index < -0.39 is 39.2 Å². The molecule has 84 valence electrons. The summed E-state index contributed by atoms with van der Waals surface area (Å²) in [6.45, 7) is 0.